The van der Waals surface area contributed by atoms with Gasteiger partial charge in [0.1, 0.15) is 6.04 Å². The van der Waals surface area contributed by atoms with Gasteiger partial charge in [-0.25, -0.2) is 9.59 Å². The van der Waals surface area contributed by atoms with E-state index in [9.17, 15) is 14.4 Å². The molecule has 1 unspecified atom stereocenters. The minimum atomic E-state index is -1.31. The summed E-state index contributed by atoms with van der Waals surface area (Å²) in [6, 6.07) is 8.31. The fraction of sp³-hybridized carbons (Fsp3) is 0.308. The number of carboxylic acid groups (broad SMARTS) is 1. The Bertz CT molecular complexity index is 499. The van der Waals surface area contributed by atoms with E-state index in [1.54, 1.807) is 0 Å². The summed E-state index contributed by atoms with van der Waals surface area (Å²) in [6.45, 7) is 0. The minimum Gasteiger partial charge on any atom is -0.465 e. The van der Waals surface area contributed by atoms with Crippen molar-refractivity contribution in [3.63, 3.8) is 0 Å². The minimum absolute atomic E-state index is 0.124. The standard InChI is InChI=1S/C13H13NO5/c15-11-9(6-8-4-2-1-3-5-8)7-10(12(16)19-11)14-13(17)18/h1-5,9-10,14H,6-7H2,(H,17,18)/t9?,10-/m0/s1. The number of hydrogen-bond donors (Lipinski definition) is 2. The van der Waals surface area contributed by atoms with E-state index in [1.807, 2.05) is 30.3 Å². The largest absolute Gasteiger partial charge is 0.465 e. The van der Waals surface area contributed by atoms with Crippen LogP contribution in [0.3, 0.4) is 0 Å². The van der Waals surface area contributed by atoms with Gasteiger partial charge in [0.15, 0.2) is 0 Å². The summed E-state index contributed by atoms with van der Waals surface area (Å²) in [6.07, 6.45) is -0.765. The van der Waals surface area contributed by atoms with Crippen LogP contribution in [0.1, 0.15) is 12.0 Å². The van der Waals surface area contributed by atoms with Crippen LogP contribution >= 0.6 is 0 Å². The average molecular weight is 263 g/mol. The molecule has 0 aromatic heterocycles. The molecule has 100 valence electrons. The second kappa shape index (κ2) is 5.51. The van der Waals surface area contributed by atoms with E-state index < -0.39 is 30.0 Å². The summed E-state index contributed by atoms with van der Waals surface area (Å²) in [5, 5.41) is 10.7. The molecular formula is C13H13NO5. The molecule has 1 aliphatic heterocycles. The van der Waals surface area contributed by atoms with Crippen molar-refractivity contribution in [1.82, 2.24) is 5.32 Å². The number of amides is 1. The molecule has 2 atom stereocenters. The predicted octanol–water partition coefficient (Wildman–Crippen LogP) is 0.955. The van der Waals surface area contributed by atoms with Crippen molar-refractivity contribution in [3.05, 3.63) is 35.9 Å². The van der Waals surface area contributed by atoms with Crippen LogP contribution in [0.2, 0.25) is 0 Å². The molecule has 1 heterocycles. The molecule has 1 aliphatic rings. The van der Waals surface area contributed by atoms with Crippen LogP contribution in [-0.4, -0.2) is 29.2 Å². The van der Waals surface area contributed by atoms with Gasteiger partial charge in [-0.1, -0.05) is 30.3 Å². The van der Waals surface area contributed by atoms with Gasteiger partial charge in [-0.3, -0.25) is 4.79 Å². The van der Waals surface area contributed by atoms with Crippen LogP contribution in [0.4, 0.5) is 4.79 Å². The van der Waals surface area contributed by atoms with E-state index in [4.69, 9.17) is 5.11 Å². The number of rotatable bonds is 3. The third kappa shape index (κ3) is 3.31. The molecule has 1 aromatic carbocycles. The Balaban J connectivity index is 2.05. The monoisotopic (exact) mass is 263 g/mol. The quantitative estimate of drug-likeness (QED) is 0.625. The van der Waals surface area contributed by atoms with Gasteiger partial charge in [-0.15, -0.1) is 0 Å². The first-order chi connectivity index (χ1) is 9.06. The van der Waals surface area contributed by atoms with E-state index in [1.165, 1.54) is 0 Å². The van der Waals surface area contributed by atoms with Crippen molar-refractivity contribution in [3.8, 4) is 0 Å². The second-order valence-corrected chi connectivity index (χ2v) is 4.36. The fourth-order valence-corrected chi connectivity index (χ4v) is 2.06. The van der Waals surface area contributed by atoms with Crippen molar-refractivity contribution in [2.75, 3.05) is 0 Å². The molecule has 1 amide bonds. The number of esters is 2. The highest BCUT2D eigenvalue weighted by Gasteiger charge is 2.37. The van der Waals surface area contributed by atoms with Gasteiger partial charge in [-0.2, -0.15) is 0 Å². The van der Waals surface area contributed by atoms with Crippen molar-refractivity contribution in [2.45, 2.75) is 18.9 Å². The van der Waals surface area contributed by atoms with Crippen LogP contribution in [0.5, 0.6) is 0 Å². The molecule has 0 spiro atoms. The van der Waals surface area contributed by atoms with Crippen LogP contribution < -0.4 is 5.32 Å². The summed E-state index contributed by atoms with van der Waals surface area (Å²) < 4.78 is 4.58. The highest BCUT2D eigenvalue weighted by atomic mass is 16.6. The maximum Gasteiger partial charge on any atom is 0.405 e. The molecule has 6 heteroatoms. The molecule has 1 fully saturated rings. The van der Waals surface area contributed by atoms with Gasteiger partial charge >= 0.3 is 18.0 Å². The Morgan fingerprint density at radius 2 is 1.95 bits per heavy atom. The van der Waals surface area contributed by atoms with Crippen molar-refractivity contribution >= 4 is 18.0 Å². The van der Waals surface area contributed by atoms with E-state index in [-0.39, 0.29) is 6.42 Å². The van der Waals surface area contributed by atoms with Gasteiger partial charge in [0.25, 0.3) is 0 Å². The number of carbonyl (C=O) groups is 3. The second-order valence-electron chi connectivity index (χ2n) is 4.36. The number of cyclic esters (lactones) is 2. The number of nitrogens with one attached hydrogen (secondary N) is 1. The molecule has 1 aromatic rings. The first-order valence-electron chi connectivity index (χ1n) is 5.85. The van der Waals surface area contributed by atoms with Crippen molar-refractivity contribution in [1.29, 1.82) is 0 Å². The van der Waals surface area contributed by atoms with Crippen LogP contribution in [0.25, 0.3) is 0 Å². The smallest absolute Gasteiger partial charge is 0.405 e. The van der Waals surface area contributed by atoms with E-state index in [0.29, 0.717) is 6.42 Å². The van der Waals surface area contributed by atoms with Crippen LogP contribution in [0, 0.1) is 5.92 Å². The molecule has 0 bridgehead atoms. The topological polar surface area (TPSA) is 92.7 Å². The zero-order chi connectivity index (χ0) is 13.8. The van der Waals surface area contributed by atoms with Crippen LogP contribution in [0.15, 0.2) is 30.3 Å². The lowest BCUT2D eigenvalue weighted by Gasteiger charge is -2.26. The molecule has 2 N–H and O–H groups in total. The zero-order valence-corrected chi connectivity index (χ0v) is 10.0. The number of benzene rings is 1. The lowest BCUT2D eigenvalue weighted by atomic mass is 9.91. The molecule has 19 heavy (non-hydrogen) atoms. The maximum atomic E-state index is 11.6. The van der Waals surface area contributed by atoms with Gasteiger partial charge in [0, 0.05) is 0 Å². The summed E-state index contributed by atoms with van der Waals surface area (Å²) in [5.74, 6) is -1.95. The molecule has 6 nitrogen and oxygen atoms in total. The van der Waals surface area contributed by atoms with Crippen LogP contribution in [-0.2, 0) is 20.7 Å². The van der Waals surface area contributed by atoms with Gasteiger partial charge in [0.05, 0.1) is 5.92 Å². The molecule has 0 saturated carbocycles. The first-order valence-corrected chi connectivity index (χ1v) is 5.85. The predicted molar refractivity (Wildman–Crippen MR) is 64.3 cm³/mol. The van der Waals surface area contributed by atoms with Crippen molar-refractivity contribution < 1.29 is 24.2 Å². The number of hydrogen-bond acceptors (Lipinski definition) is 4. The van der Waals surface area contributed by atoms with E-state index in [0.717, 1.165) is 5.56 Å². The SMILES string of the molecule is O=C(O)N[C@H]1CC(Cc2ccccc2)C(=O)OC1=O. The average Bonchev–Trinajstić information content (AvgIpc) is 2.36. The normalized spacial score (nSPS) is 22.7. The lowest BCUT2D eigenvalue weighted by molar-refractivity contribution is -0.169. The summed E-state index contributed by atoms with van der Waals surface area (Å²) in [7, 11) is 0. The lowest BCUT2D eigenvalue weighted by Crippen LogP contribution is -2.48. The molecular weight excluding hydrogens is 250 g/mol. The Morgan fingerprint density at radius 1 is 1.26 bits per heavy atom. The highest BCUT2D eigenvalue weighted by molar-refractivity contribution is 5.94. The maximum absolute atomic E-state index is 11.6. The number of ether oxygens (including phenoxy) is 1. The van der Waals surface area contributed by atoms with E-state index >= 15 is 0 Å². The van der Waals surface area contributed by atoms with Crippen molar-refractivity contribution in [2.24, 2.45) is 5.92 Å². The Labute approximate surface area is 109 Å². The Hall–Kier alpha value is -2.37. The summed E-state index contributed by atoms with van der Waals surface area (Å²) in [4.78, 5) is 33.5. The van der Waals surface area contributed by atoms with Gasteiger partial charge in [-0.05, 0) is 18.4 Å². The molecule has 0 aliphatic carbocycles. The van der Waals surface area contributed by atoms with E-state index in [2.05, 4.69) is 10.1 Å². The Morgan fingerprint density at radius 3 is 2.58 bits per heavy atom. The molecule has 0 radical (unpaired) electrons. The molecule has 2 rings (SSSR count). The fourth-order valence-electron chi connectivity index (χ4n) is 2.06. The highest BCUT2D eigenvalue weighted by Crippen LogP contribution is 2.21. The first kappa shape index (κ1) is 13.1. The summed E-state index contributed by atoms with van der Waals surface area (Å²) >= 11 is 0. The number of carbonyl (C=O) groups excluding carboxylic acids is 2. The third-order valence-electron chi connectivity index (χ3n) is 2.96. The molecule has 1 saturated heterocycles. The third-order valence-corrected chi connectivity index (χ3v) is 2.96. The summed E-state index contributed by atoms with van der Waals surface area (Å²) in [5.41, 5.74) is 0.938. The Kier molecular flexibility index (Phi) is 3.79. The zero-order valence-electron chi connectivity index (χ0n) is 10.0. The van der Waals surface area contributed by atoms with Gasteiger partial charge in [0.2, 0.25) is 0 Å². The van der Waals surface area contributed by atoms with Gasteiger partial charge < -0.3 is 15.2 Å².